The summed E-state index contributed by atoms with van der Waals surface area (Å²) in [5.74, 6) is 1.04. The van der Waals surface area contributed by atoms with Crippen LogP contribution in [0.1, 0.15) is 25.8 Å². The number of hydrogen-bond donors (Lipinski definition) is 1. The number of hydrogen-bond acceptors (Lipinski definition) is 2. The standard InChI is InChI=1S/C13H19ClO2/c1-3-10(9-15)7-11-5-6-13(16-4-2)12(14)8-11/h5-6,8,10,15H,3-4,7,9H2,1-2H3. The van der Waals surface area contributed by atoms with Crippen LogP contribution in [0.5, 0.6) is 5.75 Å². The highest BCUT2D eigenvalue weighted by Crippen LogP contribution is 2.26. The fourth-order valence-corrected chi connectivity index (χ4v) is 1.87. The van der Waals surface area contributed by atoms with Gasteiger partial charge in [-0.2, -0.15) is 0 Å². The minimum absolute atomic E-state index is 0.224. The lowest BCUT2D eigenvalue weighted by Gasteiger charge is -2.12. The molecule has 1 rings (SSSR count). The summed E-state index contributed by atoms with van der Waals surface area (Å²) in [6.07, 6.45) is 1.83. The van der Waals surface area contributed by atoms with E-state index in [0.29, 0.717) is 17.5 Å². The Morgan fingerprint density at radius 2 is 2.12 bits per heavy atom. The molecular weight excluding hydrogens is 224 g/mol. The third kappa shape index (κ3) is 3.69. The Morgan fingerprint density at radius 3 is 2.62 bits per heavy atom. The van der Waals surface area contributed by atoms with Crippen LogP contribution in [0.4, 0.5) is 0 Å². The number of ether oxygens (including phenoxy) is 1. The first kappa shape index (κ1) is 13.3. The second-order valence-corrected chi connectivity index (χ2v) is 4.27. The molecule has 16 heavy (non-hydrogen) atoms. The van der Waals surface area contributed by atoms with Crippen LogP contribution in [0.15, 0.2) is 18.2 Å². The van der Waals surface area contributed by atoms with Gasteiger partial charge in [-0.15, -0.1) is 0 Å². The normalized spacial score (nSPS) is 12.5. The number of benzene rings is 1. The smallest absolute Gasteiger partial charge is 0.137 e. The first-order chi connectivity index (χ1) is 7.71. The zero-order valence-electron chi connectivity index (χ0n) is 9.87. The molecule has 0 aliphatic rings. The Morgan fingerprint density at radius 1 is 1.38 bits per heavy atom. The molecule has 0 radical (unpaired) electrons. The molecule has 2 nitrogen and oxygen atoms in total. The summed E-state index contributed by atoms with van der Waals surface area (Å²) in [4.78, 5) is 0. The van der Waals surface area contributed by atoms with Crippen molar-refractivity contribution in [3.63, 3.8) is 0 Å². The average molecular weight is 243 g/mol. The third-order valence-electron chi connectivity index (χ3n) is 2.66. The fraction of sp³-hybridized carbons (Fsp3) is 0.538. The molecule has 0 aliphatic carbocycles. The van der Waals surface area contributed by atoms with Crippen molar-refractivity contribution in [1.29, 1.82) is 0 Å². The van der Waals surface area contributed by atoms with Crippen LogP contribution in [0.3, 0.4) is 0 Å². The van der Waals surface area contributed by atoms with E-state index in [0.717, 1.165) is 24.2 Å². The van der Waals surface area contributed by atoms with E-state index in [1.165, 1.54) is 0 Å². The van der Waals surface area contributed by atoms with Crippen LogP contribution in [0.2, 0.25) is 5.02 Å². The first-order valence-corrected chi connectivity index (χ1v) is 6.11. The number of aliphatic hydroxyl groups excluding tert-OH is 1. The molecule has 0 aliphatic heterocycles. The molecule has 1 aromatic rings. The molecule has 0 spiro atoms. The molecular formula is C13H19ClO2. The van der Waals surface area contributed by atoms with Gasteiger partial charge in [0.05, 0.1) is 11.6 Å². The molecule has 0 bridgehead atoms. The van der Waals surface area contributed by atoms with Gasteiger partial charge in [-0.25, -0.2) is 0 Å². The minimum atomic E-state index is 0.224. The van der Waals surface area contributed by atoms with Crippen LogP contribution in [0.25, 0.3) is 0 Å². The summed E-state index contributed by atoms with van der Waals surface area (Å²) in [6, 6.07) is 5.82. The van der Waals surface area contributed by atoms with Gasteiger partial charge in [0.15, 0.2) is 0 Å². The summed E-state index contributed by atoms with van der Waals surface area (Å²) in [6.45, 7) is 4.86. The monoisotopic (exact) mass is 242 g/mol. The summed E-state index contributed by atoms with van der Waals surface area (Å²) >= 11 is 6.09. The average Bonchev–Trinajstić information content (AvgIpc) is 2.29. The van der Waals surface area contributed by atoms with Gasteiger partial charge in [-0.3, -0.25) is 0 Å². The van der Waals surface area contributed by atoms with E-state index >= 15 is 0 Å². The van der Waals surface area contributed by atoms with E-state index in [4.69, 9.17) is 21.4 Å². The highest BCUT2D eigenvalue weighted by molar-refractivity contribution is 6.32. The van der Waals surface area contributed by atoms with Crippen LogP contribution in [0, 0.1) is 5.92 Å². The molecule has 3 heteroatoms. The third-order valence-corrected chi connectivity index (χ3v) is 2.95. The lowest BCUT2D eigenvalue weighted by Crippen LogP contribution is -2.08. The van der Waals surface area contributed by atoms with Crippen LogP contribution in [-0.2, 0) is 6.42 Å². The maximum atomic E-state index is 9.14. The Bertz CT molecular complexity index is 322. The second-order valence-electron chi connectivity index (χ2n) is 3.86. The first-order valence-electron chi connectivity index (χ1n) is 5.73. The largest absolute Gasteiger partial charge is 0.492 e. The Balaban J connectivity index is 2.72. The molecule has 0 aromatic heterocycles. The SMILES string of the molecule is CCOc1ccc(CC(CC)CO)cc1Cl. The van der Waals surface area contributed by atoms with E-state index in [1.807, 2.05) is 25.1 Å². The van der Waals surface area contributed by atoms with Crippen molar-refractivity contribution in [3.05, 3.63) is 28.8 Å². The zero-order valence-corrected chi connectivity index (χ0v) is 10.6. The number of rotatable bonds is 6. The van der Waals surface area contributed by atoms with Crippen molar-refractivity contribution < 1.29 is 9.84 Å². The summed E-state index contributed by atoms with van der Waals surface area (Å²) in [5.41, 5.74) is 1.15. The molecule has 1 atom stereocenters. The number of aliphatic hydroxyl groups is 1. The fourth-order valence-electron chi connectivity index (χ4n) is 1.62. The summed E-state index contributed by atoms with van der Waals surface area (Å²) in [7, 11) is 0. The molecule has 1 unspecified atom stereocenters. The predicted molar refractivity (Wildman–Crippen MR) is 67.2 cm³/mol. The molecule has 0 saturated carbocycles. The minimum Gasteiger partial charge on any atom is -0.492 e. The Kier molecular flexibility index (Phi) is 5.64. The summed E-state index contributed by atoms with van der Waals surface area (Å²) < 4.78 is 5.37. The lowest BCUT2D eigenvalue weighted by atomic mass is 9.98. The van der Waals surface area contributed by atoms with E-state index in [2.05, 4.69) is 6.92 Å². The van der Waals surface area contributed by atoms with E-state index in [9.17, 15) is 0 Å². The van der Waals surface area contributed by atoms with Crippen LogP contribution in [-0.4, -0.2) is 18.3 Å². The van der Waals surface area contributed by atoms with Crippen molar-refractivity contribution in [1.82, 2.24) is 0 Å². The summed E-state index contributed by atoms with van der Waals surface area (Å²) in [5, 5.41) is 9.78. The van der Waals surface area contributed by atoms with Gasteiger partial charge in [0.25, 0.3) is 0 Å². The topological polar surface area (TPSA) is 29.5 Å². The van der Waals surface area contributed by atoms with Crippen molar-refractivity contribution in [3.8, 4) is 5.75 Å². The van der Waals surface area contributed by atoms with E-state index in [-0.39, 0.29) is 6.61 Å². The highest BCUT2D eigenvalue weighted by Gasteiger charge is 2.08. The molecule has 0 saturated heterocycles. The van der Waals surface area contributed by atoms with Crippen LogP contribution >= 0.6 is 11.6 Å². The Hall–Kier alpha value is -0.730. The predicted octanol–water partition coefficient (Wildman–Crippen LogP) is 3.30. The van der Waals surface area contributed by atoms with Crippen molar-refractivity contribution >= 4 is 11.6 Å². The second kappa shape index (κ2) is 6.77. The van der Waals surface area contributed by atoms with Crippen molar-refractivity contribution in [2.45, 2.75) is 26.7 Å². The molecule has 1 N–H and O–H groups in total. The Labute approximate surface area is 102 Å². The zero-order chi connectivity index (χ0) is 12.0. The maximum Gasteiger partial charge on any atom is 0.137 e. The van der Waals surface area contributed by atoms with Crippen molar-refractivity contribution in [2.24, 2.45) is 5.92 Å². The van der Waals surface area contributed by atoms with Gasteiger partial charge in [-0.05, 0) is 37.0 Å². The lowest BCUT2D eigenvalue weighted by molar-refractivity contribution is 0.222. The molecule has 0 amide bonds. The van der Waals surface area contributed by atoms with Gasteiger partial charge >= 0.3 is 0 Å². The van der Waals surface area contributed by atoms with Gasteiger partial charge in [0, 0.05) is 6.61 Å². The molecule has 0 heterocycles. The highest BCUT2D eigenvalue weighted by atomic mass is 35.5. The van der Waals surface area contributed by atoms with Gasteiger partial charge in [-0.1, -0.05) is 31.0 Å². The molecule has 1 aromatic carbocycles. The van der Waals surface area contributed by atoms with E-state index in [1.54, 1.807) is 0 Å². The quantitative estimate of drug-likeness (QED) is 0.830. The van der Waals surface area contributed by atoms with Gasteiger partial charge in [0.2, 0.25) is 0 Å². The molecule has 90 valence electrons. The maximum absolute atomic E-state index is 9.14. The van der Waals surface area contributed by atoms with Crippen molar-refractivity contribution in [2.75, 3.05) is 13.2 Å². The number of halogens is 1. The molecule has 0 fully saturated rings. The van der Waals surface area contributed by atoms with Crippen LogP contribution < -0.4 is 4.74 Å². The van der Waals surface area contributed by atoms with Gasteiger partial charge in [0.1, 0.15) is 5.75 Å². The van der Waals surface area contributed by atoms with Gasteiger partial charge < -0.3 is 9.84 Å². The van der Waals surface area contributed by atoms with E-state index < -0.39 is 0 Å².